The van der Waals surface area contributed by atoms with Crippen LogP contribution < -0.4 is 5.32 Å². The lowest BCUT2D eigenvalue weighted by molar-refractivity contribution is 0.674. The Morgan fingerprint density at radius 2 is 2.14 bits per heavy atom. The van der Waals surface area contributed by atoms with E-state index in [1.807, 2.05) is 24.2 Å². The zero-order valence-corrected chi connectivity index (χ0v) is 9.09. The summed E-state index contributed by atoms with van der Waals surface area (Å²) in [5, 5.41) is 3.52. The molecule has 2 nitrogen and oxygen atoms in total. The summed E-state index contributed by atoms with van der Waals surface area (Å²) < 4.78 is 0. The molecule has 0 atom stereocenters. The third-order valence-corrected chi connectivity index (χ3v) is 3.35. The van der Waals surface area contributed by atoms with Crippen LogP contribution in [0.1, 0.15) is 19.3 Å². The Hall–Kier alpha value is -0.540. The van der Waals surface area contributed by atoms with Gasteiger partial charge in [-0.3, -0.25) is 4.98 Å². The van der Waals surface area contributed by atoms with Crippen LogP contribution in [-0.2, 0) is 0 Å². The van der Waals surface area contributed by atoms with Crippen molar-refractivity contribution >= 4 is 11.8 Å². The summed E-state index contributed by atoms with van der Waals surface area (Å²) in [7, 11) is 0. The first-order chi connectivity index (χ1) is 6.95. The molecule has 0 aromatic carbocycles. The van der Waals surface area contributed by atoms with Crippen LogP contribution in [0, 0.1) is 0 Å². The Kier molecular flexibility index (Phi) is 3.83. The molecule has 1 N–H and O–H groups in total. The number of nitrogens with zero attached hydrogens (tertiary/aromatic N) is 1. The van der Waals surface area contributed by atoms with Gasteiger partial charge in [0.1, 0.15) is 0 Å². The summed E-state index contributed by atoms with van der Waals surface area (Å²) in [5.41, 5.74) is 0. The molecule has 0 unspecified atom stereocenters. The Bertz CT molecular complexity index is 259. The number of rotatable bonds is 6. The largest absolute Gasteiger partial charge is 0.314 e. The first-order valence-corrected chi connectivity index (χ1v) is 6.20. The van der Waals surface area contributed by atoms with Gasteiger partial charge in [0.25, 0.3) is 0 Å². The van der Waals surface area contributed by atoms with Gasteiger partial charge in [-0.25, -0.2) is 0 Å². The topological polar surface area (TPSA) is 24.9 Å². The van der Waals surface area contributed by atoms with Gasteiger partial charge in [0.15, 0.2) is 0 Å². The van der Waals surface area contributed by atoms with Crippen LogP contribution in [0.3, 0.4) is 0 Å². The lowest BCUT2D eigenvalue weighted by atomic mass is 10.5. The van der Waals surface area contributed by atoms with Crippen LogP contribution in [0.25, 0.3) is 0 Å². The van der Waals surface area contributed by atoms with E-state index in [0.717, 1.165) is 6.04 Å². The number of hydrogen-bond acceptors (Lipinski definition) is 3. The second-order valence-corrected chi connectivity index (χ2v) is 4.78. The molecule has 1 aliphatic rings. The highest BCUT2D eigenvalue weighted by atomic mass is 32.2. The van der Waals surface area contributed by atoms with Gasteiger partial charge >= 0.3 is 0 Å². The molecule has 1 fully saturated rings. The van der Waals surface area contributed by atoms with Gasteiger partial charge in [0.05, 0.1) is 0 Å². The normalized spacial score (nSPS) is 15.7. The molecule has 1 saturated carbocycles. The molecule has 0 aliphatic heterocycles. The van der Waals surface area contributed by atoms with E-state index in [1.54, 1.807) is 0 Å². The Morgan fingerprint density at radius 1 is 1.36 bits per heavy atom. The van der Waals surface area contributed by atoms with E-state index in [-0.39, 0.29) is 0 Å². The summed E-state index contributed by atoms with van der Waals surface area (Å²) >= 11 is 1.91. The SMILES string of the molecule is c1cc(SCCCNC2CC2)ccn1. The maximum atomic E-state index is 4.00. The summed E-state index contributed by atoms with van der Waals surface area (Å²) in [6.07, 6.45) is 7.73. The summed E-state index contributed by atoms with van der Waals surface area (Å²) in [6, 6.07) is 4.98. The lowest BCUT2D eigenvalue weighted by Crippen LogP contribution is -2.17. The predicted molar refractivity (Wildman–Crippen MR) is 60.6 cm³/mol. The van der Waals surface area contributed by atoms with E-state index >= 15 is 0 Å². The highest BCUT2D eigenvalue weighted by molar-refractivity contribution is 7.99. The predicted octanol–water partition coefficient (Wildman–Crippen LogP) is 2.32. The molecule has 0 bridgehead atoms. The minimum absolute atomic E-state index is 0.848. The Labute approximate surface area is 89.5 Å². The number of hydrogen-bond donors (Lipinski definition) is 1. The van der Waals surface area contributed by atoms with Gasteiger partial charge in [-0.05, 0) is 43.7 Å². The van der Waals surface area contributed by atoms with E-state index in [1.165, 1.54) is 36.5 Å². The van der Waals surface area contributed by atoms with E-state index in [9.17, 15) is 0 Å². The Morgan fingerprint density at radius 3 is 2.86 bits per heavy atom. The van der Waals surface area contributed by atoms with Crippen molar-refractivity contribution in [2.24, 2.45) is 0 Å². The van der Waals surface area contributed by atoms with E-state index in [4.69, 9.17) is 0 Å². The molecule has 0 amide bonds. The molecule has 0 saturated heterocycles. The fourth-order valence-electron chi connectivity index (χ4n) is 1.29. The first kappa shape index (κ1) is 9.99. The van der Waals surface area contributed by atoms with E-state index in [2.05, 4.69) is 22.4 Å². The number of thioether (sulfide) groups is 1. The molecule has 1 aliphatic carbocycles. The molecule has 0 radical (unpaired) electrons. The molecule has 0 spiro atoms. The summed E-state index contributed by atoms with van der Waals surface area (Å²) in [4.78, 5) is 5.32. The molecule has 1 aromatic rings. The fraction of sp³-hybridized carbons (Fsp3) is 0.545. The van der Waals surface area contributed by atoms with E-state index < -0.39 is 0 Å². The summed E-state index contributed by atoms with van der Waals surface area (Å²) in [5.74, 6) is 1.20. The van der Waals surface area contributed by atoms with Crippen molar-refractivity contribution in [3.63, 3.8) is 0 Å². The van der Waals surface area contributed by atoms with Crippen molar-refractivity contribution in [3.05, 3.63) is 24.5 Å². The Balaban J connectivity index is 1.54. The second-order valence-electron chi connectivity index (χ2n) is 3.61. The van der Waals surface area contributed by atoms with Gasteiger partial charge in [-0.1, -0.05) is 0 Å². The maximum Gasteiger partial charge on any atom is 0.0278 e. The van der Waals surface area contributed by atoms with Crippen molar-refractivity contribution in [2.75, 3.05) is 12.3 Å². The van der Waals surface area contributed by atoms with Crippen LogP contribution in [0.4, 0.5) is 0 Å². The van der Waals surface area contributed by atoms with Crippen molar-refractivity contribution in [1.82, 2.24) is 10.3 Å². The van der Waals surface area contributed by atoms with Gasteiger partial charge in [0, 0.05) is 23.3 Å². The van der Waals surface area contributed by atoms with Crippen LogP contribution in [-0.4, -0.2) is 23.3 Å². The monoisotopic (exact) mass is 208 g/mol. The lowest BCUT2D eigenvalue weighted by Gasteiger charge is -2.02. The third-order valence-electron chi connectivity index (χ3n) is 2.25. The van der Waals surface area contributed by atoms with Crippen LogP contribution in [0.2, 0.25) is 0 Å². The smallest absolute Gasteiger partial charge is 0.0278 e. The zero-order valence-electron chi connectivity index (χ0n) is 8.28. The number of nitrogens with one attached hydrogen (secondary N) is 1. The van der Waals surface area contributed by atoms with Crippen molar-refractivity contribution in [3.8, 4) is 0 Å². The molecule has 2 rings (SSSR count). The number of pyridine rings is 1. The van der Waals surface area contributed by atoms with Crippen molar-refractivity contribution < 1.29 is 0 Å². The first-order valence-electron chi connectivity index (χ1n) is 5.21. The average Bonchev–Trinajstić information content (AvgIpc) is 3.03. The molecule has 1 heterocycles. The van der Waals surface area contributed by atoms with Crippen molar-refractivity contribution in [1.29, 1.82) is 0 Å². The van der Waals surface area contributed by atoms with Crippen LogP contribution in [0.15, 0.2) is 29.4 Å². The van der Waals surface area contributed by atoms with Gasteiger partial charge in [-0.15, -0.1) is 11.8 Å². The molecule has 76 valence electrons. The molecular formula is C11H16N2S. The summed E-state index contributed by atoms with van der Waals surface area (Å²) in [6.45, 7) is 1.17. The highest BCUT2D eigenvalue weighted by Crippen LogP contribution is 2.19. The quantitative estimate of drug-likeness (QED) is 0.573. The molecule has 3 heteroatoms. The minimum atomic E-state index is 0.848. The highest BCUT2D eigenvalue weighted by Gasteiger charge is 2.19. The molecule has 14 heavy (non-hydrogen) atoms. The van der Waals surface area contributed by atoms with E-state index in [0.29, 0.717) is 0 Å². The van der Waals surface area contributed by atoms with Crippen LogP contribution >= 0.6 is 11.8 Å². The zero-order chi connectivity index (χ0) is 9.64. The van der Waals surface area contributed by atoms with Gasteiger partial charge in [-0.2, -0.15) is 0 Å². The second kappa shape index (κ2) is 5.37. The fourth-order valence-corrected chi connectivity index (χ4v) is 2.13. The third kappa shape index (κ3) is 3.68. The number of aromatic nitrogens is 1. The standard InChI is InChI=1S/C11H16N2S/c1(6-13-10-2-3-10)9-14-11-4-7-12-8-5-11/h4-5,7-8,10,13H,1-3,6,9H2. The molecule has 1 aromatic heterocycles. The van der Waals surface area contributed by atoms with Crippen molar-refractivity contribution in [2.45, 2.75) is 30.2 Å². The van der Waals surface area contributed by atoms with Gasteiger partial charge < -0.3 is 5.32 Å². The maximum absolute atomic E-state index is 4.00. The van der Waals surface area contributed by atoms with Gasteiger partial charge in [0.2, 0.25) is 0 Å². The minimum Gasteiger partial charge on any atom is -0.314 e. The molecular weight excluding hydrogens is 192 g/mol. The average molecular weight is 208 g/mol. The van der Waals surface area contributed by atoms with Crippen LogP contribution in [0.5, 0.6) is 0 Å².